The van der Waals surface area contributed by atoms with E-state index in [0.29, 0.717) is 6.10 Å². The second-order valence-electron chi connectivity index (χ2n) is 3.75. The van der Waals surface area contributed by atoms with Crippen LogP contribution in [0.1, 0.15) is 24.8 Å². The van der Waals surface area contributed by atoms with Crippen LogP contribution in [0.5, 0.6) is 0 Å². The van der Waals surface area contributed by atoms with E-state index >= 15 is 0 Å². The lowest BCUT2D eigenvalue weighted by Gasteiger charge is -2.07. The molecule has 3 rings (SSSR count). The summed E-state index contributed by atoms with van der Waals surface area (Å²) >= 11 is 0. The van der Waals surface area contributed by atoms with E-state index in [2.05, 4.69) is 30.3 Å². The van der Waals surface area contributed by atoms with E-state index in [-0.39, 0.29) is 5.60 Å². The molecule has 0 N–H and O–H groups in total. The largest absolute Gasteiger partial charge is 0.361 e. The molecule has 0 radical (unpaired) electrons. The molecule has 1 aromatic carbocycles. The highest BCUT2D eigenvalue weighted by atomic mass is 16.6. The molecule has 1 aromatic rings. The Morgan fingerprint density at radius 2 is 2.08 bits per heavy atom. The van der Waals surface area contributed by atoms with Crippen LogP contribution in [0.2, 0.25) is 0 Å². The molecular formula is C11H12O. The Morgan fingerprint density at radius 1 is 1.25 bits per heavy atom. The van der Waals surface area contributed by atoms with E-state index in [1.165, 1.54) is 24.8 Å². The molecule has 1 aliphatic heterocycles. The minimum Gasteiger partial charge on any atom is -0.361 e. The van der Waals surface area contributed by atoms with Crippen LogP contribution in [0.4, 0.5) is 0 Å². The van der Waals surface area contributed by atoms with Crippen molar-refractivity contribution < 1.29 is 4.74 Å². The fourth-order valence-electron chi connectivity index (χ4n) is 2.40. The number of ether oxygens (including phenoxy) is 1. The molecule has 0 aromatic heterocycles. The molecule has 2 fully saturated rings. The second-order valence-corrected chi connectivity index (χ2v) is 3.75. The number of benzene rings is 1. The van der Waals surface area contributed by atoms with Gasteiger partial charge in [0.15, 0.2) is 0 Å². The number of fused-ring (bicyclic) bond motifs is 1. The second kappa shape index (κ2) is 2.11. The molecule has 1 heterocycles. The predicted molar refractivity (Wildman–Crippen MR) is 46.8 cm³/mol. The Morgan fingerprint density at radius 3 is 2.67 bits per heavy atom. The molecular weight excluding hydrogens is 148 g/mol. The van der Waals surface area contributed by atoms with Gasteiger partial charge in [-0.3, -0.25) is 0 Å². The van der Waals surface area contributed by atoms with Crippen molar-refractivity contribution in [2.75, 3.05) is 0 Å². The summed E-state index contributed by atoms with van der Waals surface area (Å²) < 4.78 is 5.73. The van der Waals surface area contributed by atoms with Crippen molar-refractivity contribution in [3.8, 4) is 0 Å². The van der Waals surface area contributed by atoms with Gasteiger partial charge in [0.05, 0.1) is 6.10 Å². The maximum atomic E-state index is 5.73. The molecule has 1 saturated heterocycles. The first-order valence-corrected chi connectivity index (χ1v) is 4.65. The third kappa shape index (κ3) is 0.721. The van der Waals surface area contributed by atoms with Gasteiger partial charge < -0.3 is 4.74 Å². The smallest absolute Gasteiger partial charge is 0.120 e. The Hall–Kier alpha value is -0.820. The summed E-state index contributed by atoms with van der Waals surface area (Å²) in [5.74, 6) is 0. The average molecular weight is 160 g/mol. The van der Waals surface area contributed by atoms with E-state index < -0.39 is 0 Å². The van der Waals surface area contributed by atoms with Crippen molar-refractivity contribution in [1.29, 1.82) is 0 Å². The molecule has 62 valence electrons. The maximum absolute atomic E-state index is 5.73. The van der Waals surface area contributed by atoms with Crippen LogP contribution in [0.25, 0.3) is 0 Å². The van der Waals surface area contributed by atoms with Crippen molar-refractivity contribution in [2.45, 2.75) is 31.0 Å². The van der Waals surface area contributed by atoms with E-state index in [9.17, 15) is 0 Å². The molecule has 2 atom stereocenters. The summed E-state index contributed by atoms with van der Waals surface area (Å²) in [5, 5.41) is 0. The monoisotopic (exact) mass is 160 g/mol. The number of hydrogen-bond donors (Lipinski definition) is 0. The first kappa shape index (κ1) is 6.67. The van der Waals surface area contributed by atoms with Crippen LogP contribution >= 0.6 is 0 Å². The van der Waals surface area contributed by atoms with Crippen molar-refractivity contribution in [2.24, 2.45) is 0 Å². The predicted octanol–water partition coefficient (Wildman–Crippen LogP) is 2.46. The van der Waals surface area contributed by atoms with E-state index in [1.807, 2.05) is 0 Å². The Kier molecular flexibility index (Phi) is 1.17. The highest BCUT2D eigenvalue weighted by molar-refractivity contribution is 5.30. The lowest BCUT2D eigenvalue weighted by molar-refractivity contribution is 0.253. The summed E-state index contributed by atoms with van der Waals surface area (Å²) in [6.45, 7) is 0. The van der Waals surface area contributed by atoms with Gasteiger partial charge in [0.25, 0.3) is 0 Å². The fourth-order valence-corrected chi connectivity index (χ4v) is 2.40. The van der Waals surface area contributed by atoms with Gasteiger partial charge in [-0.2, -0.15) is 0 Å². The zero-order valence-corrected chi connectivity index (χ0v) is 6.99. The molecule has 1 aliphatic carbocycles. The minimum absolute atomic E-state index is 0.154. The third-order valence-corrected chi connectivity index (χ3v) is 3.09. The van der Waals surface area contributed by atoms with Gasteiger partial charge in [-0.15, -0.1) is 0 Å². The first-order chi connectivity index (χ1) is 5.92. The van der Waals surface area contributed by atoms with Gasteiger partial charge >= 0.3 is 0 Å². The van der Waals surface area contributed by atoms with Crippen LogP contribution in [0, 0.1) is 0 Å². The molecule has 12 heavy (non-hydrogen) atoms. The molecule has 0 spiro atoms. The summed E-state index contributed by atoms with van der Waals surface area (Å²) in [6, 6.07) is 10.6. The van der Waals surface area contributed by atoms with Gasteiger partial charge in [-0.1, -0.05) is 30.3 Å². The summed E-state index contributed by atoms with van der Waals surface area (Å²) in [4.78, 5) is 0. The molecule has 2 aliphatic rings. The number of rotatable bonds is 1. The summed E-state index contributed by atoms with van der Waals surface area (Å²) in [7, 11) is 0. The molecule has 1 nitrogen and oxygen atoms in total. The topological polar surface area (TPSA) is 12.5 Å². The number of epoxide rings is 1. The first-order valence-electron chi connectivity index (χ1n) is 4.65. The van der Waals surface area contributed by atoms with Crippen molar-refractivity contribution in [3.63, 3.8) is 0 Å². The Labute approximate surface area is 72.4 Å². The van der Waals surface area contributed by atoms with Gasteiger partial charge in [-0.25, -0.2) is 0 Å². The van der Waals surface area contributed by atoms with Crippen LogP contribution < -0.4 is 0 Å². The van der Waals surface area contributed by atoms with Gasteiger partial charge in [-0.05, 0) is 24.8 Å². The van der Waals surface area contributed by atoms with Gasteiger partial charge in [0.1, 0.15) is 5.60 Å². The lowest BCUT2D eigenvalue weighted by atomic mass is 9.97. The Bertz CT molecular complexity index is 293. The minimum atomic E-state index is 0.154. The van der Waals surface area contributed by atoms with Crippen molar-refractivity contribution in [1.82, 2.24) is 0 Å². The lowest BCUT2D eigenvalue weighted by Crippen LogP contribution is -2.06. The maximum Gasteiger partial charge on any atom is 0.120 e. The zero-order chi connectivity index (χ0) is 8.02. The highest BCUT2D eigenvalue weighted by Gasteiger charge is 2.60. The summed E-state index contributed by atoms with van der Waals surface area (Å²) in [6.07, 6.45) is 4.36. The van der Waals surface area contributed by atoms with Crippen LogP contribution in [-0.4, -0.2) is 6.10 Å². The fraction of sp³-hybridized carbons (Fsp3) is 0.455. The van der Waals surface area contributed by atoms with E-state index in [1.54, 1.807) is 0 Å². The van der Waals surface area contributed by atoms with Crippen LogP contribution in [-0.2, 0) is 10.3 Å². The van der Waals surface area contributed by atoms with Gasteiger partial charge in [0.2, 0.25) is 0 Å². The van der Waals surface area contributed by atoms with Gasteiger partial charge in [0, 0.05) is 0 Å². The van der Waals surface area contributed by atoms with E-state index in [4.69, 9.17) is 4.74 Å². The van der Waals surface area contributed by atoms with Crippen LogP contribution in [0.15, 0.2) is 30.3 Å². The molecule has 0 amide bonds. The average Bonchev–Trinajstić information content (AvgIpc) is 2.72. The van der Waals surface area contributed by atoms with E-state index in [0.717, 1.165) is 0 Å². The standard InChI is InChI=1S/C11H12O/c1-2-5-9(6-3-1)11-8-4-7-10(11)12-11/h1-3,5-6,10H,4,7-8H2/t10-,11-/m1/s1. The molecule has 0 bridgehead atoms. The third-order valence-electron chi connectivity index (χ3n) is 3.09. The number of hydrogen-bond acceptors (Lipinski definition) is 1. The van der Waals surface area contributed by atoms with Crippen molar-refractivity contribution in [3.05, 3.63) is 35.9 Å². The quantitative estimate of drug-likeness (QED) is 0.575. The SMILES string of the molecule is c1ccc([C@]23CCC[C@H]2O3)cc1. The zero-order valence-electron chi connectivity index (χ0n) is 6.99. The molecule has 0 unspecified atom stereocenters. The highest BCUT2D eigenvalue weighted by Crippen LogP contribution is 2.56. The van der Waals surface area contributed by atoms with Crippen molar-refractivity contribution >= 4 is 0 Å². The molecule has 1 saturated carbocycles. The normalized spacial score (nSPS) is 37.8. The van der Waals surface area contributed by atoms with Crippen LogP contribution in [0.3, 0.4) is 0 Å². The Balaban J connectivity index is 2.00. The molecule has 1 heteroatoms. The summed E-state index contributed by atoms with van der Waals surface area (Å²) in [5.41, 5.74) is 1.54.